The van der Waals surface area contributed by atoms with Crippen LogP contribution in [0.2, 0.25) is 13.6 Å². The highest BCUT2D eigenvalue weighted by atomic mass is 15.7. The van der Waals surface area contributed by atoms with Crippen molar-refractivity contribution in [2.75, 3.05) is 9.62 Å². The van der Waals surface area contributed by atoms with E-state index in [-0.39, 0.29) is 25.7 Å². The molecule has 1 aromatic heterocycles. The van der Waals surface area contributed by atoms with Crippen LogP contribution in [0.15, 0.2) is 30.3 Å². The number of benzene rings is 1. The molecule has 0 bridgehead atoms. The van der Waals surface area contributed by atoms with E-state index in [0.29, 0.717) is 6.04 Å². The zero-order valence-electron chi connectivity index (χ0n) is 22.5. The van der Waals surface area contributed by atoms with Gasteiger partial charge in [-0.25, -0.2) is 4.68 Å². The van der Waals surface area contributed by atoms with Crippen molar-refractivity contribution in [1.82, 2.24) is 24.9 Å². The second-order valence-electron chi connectivity index (χ2n) is 8.58. The lowest BCUT2D eigenvalue weighted by Gasteiger charge is -2.56. The van der Waals surface area contributed by atoms with Gasteiger partial charge in [-0.1, -0.05) is 98.8 Å². The van der Waals surface area contributed by atoms with Crippen molar-refractivity contribution < 1.29 is 0 Å². The van der Waals surface area contributed by atoms with Crippen LogP contribution >= 0.6 is 0 Å². The molecule has 0 spiro atoms. The summed E-state index contributed by atoms with van der Waals surface area (Å²) in [5.41, 5.74) is 0.981. The Hall–Kier alpha value is -2.02. The molecule has 32 heavy (non-hydrogen) atoms. The van der Waals surface area contributed by atoms with Gasteiger partial charge in [0.1, 0.15) is 6.17 Å². The van der Waals surface area contributed by atoms with Crippen molar-refractivity contribution >= 4 is 25.6 Å². The Morgan fingerprint density at radius 2 is 1.44 bits per heavy atom. The van der Waals surface area contributed by atoms with Crippen LogP contribution in [0.3, 0.4) is 0 Å². The van der Waals surface area contributed by atoms with E-state index in [9.17, 15) is 0 Å². The SMILES string of the molecule is CB1N(C(C)C)B(C)N2c3nnnn3C(C)(C)C2N1c1ccccc1.CC.CC.CCC. The highest BCUT2D eigenvalue weighted by Crippen LogP contribution is 2.44. The maximum atomic E-state index is 4.35. The molecule has 2 aliphatic rings. The lowest BCUT2D eigenvalue weighted by Crippen LogP contribution is -2.77. The third-order valence-electron chi connectivity index (χ3n) is 5.71. The van der Waals surface area contributed by atoms with E-state index in [2.05, 4.69) is 115 Å². The van der Waals surface area contributed by atoms with Crippen molar-refractivity contribution in [3.05, 3.63) is 30.3 Å². The van der Waals surface area contributed by atoms with Gasteiger partial charge in [-0.15, -0.1) is 0 Å². The molecule has 9 heteroatoms. The molecule has 1 unspecified atom stereocenters. The van der Waals surface area contributed by atoms with Gasteiger partial charge in [0.2, 0.25) is 5.95 Å². The first-order chi connectivity index (χ1) is 15.3. The maximum Gasteiger partial charge on any atom is 0.334 e. The topological polar surface area (TPSA) is 53.3 Å². The molecule has 2 aliphatic heterocycles. The maximum absolute atomic E-state index is 4.35. The summed E-state index contributed by atoms with van der Waals surface area (Å²) in [6, 6.07) is 11.0. The largest absolute Gasteiger partial charge is 0.381 e. The predicted molar refractivity (Wildman–Crippen MR) is 141 cm³/mol. The van der Waals surface area contributed by atoms with Gasteiger partial charge >= 0.3 is 14.0 Å². The average Bonchev–Trinajstić information content (AvgIpc) is 3.34. The molecule has 0 N–H and O–H groups in total. The third kappa shape index (κ3) is 4.98. The van der Waals surface area contributed by atoms with E-state index in [4.69, 9.17) is 0 Å². The molecular formula is C23H45B2N7. The number of rotatable bonds is 2. The van der Waals surface area contributed by atoms with E-state index in [1.54, 1.807) is 0 Å². The summed E-state index contributed by atoms with van der Waals surface area (Å²) in [6.45, 7) is 26.2. The first-order valence-electron chi connectivity index (χ1n) is 12.4. The second kappa shape index (κ2) is 12.3. The fraction of sp³-hybridized carbons (Fsp3) is 0.696. The number of para-hydroxylation sites is 1. The quantitative estimate of drug-likeness (QED) is 0.575. The number of hydrogen-bond acceptors (Lipinski definition) is 6. The van der Waals surface area contributed by atoms with Crippen LogP contribution in [-0.2, 0) is 5.54 Å². The first-order valence-corrected chi connectivity index (χ1v) is 12.4. The van der Waals surface area contributed by atoms with Crippen molar-refractivity contribution in [2.45, 2.75) is 107 Å². The summed E-state index contributed by atoms with van der Waals surface area (Å²) < 4.78 is 4.49. The van der Waals surface area contributed by atoms with Crippen LogP contribution in [0, 0.1) is 0 Å². The van der Waals surface area contributed by atoms with E-state index < -0.39 is 0 Å². The molecular weight excluding hydrogens is 396 g/mol. The minimum absolute atomic E-state index is 0.132. The fourth-order valence-electron chi connectivity index (χ4n) is 4.75. The zero-order chi connectivity index (χ0) is 24.6. The smallest absolute Gasteiger partial charge is 0.334 e. The molecule has 0 aliphatic carbocycles. The lowest BCUT2D eigenvalue weighted by atomic mass is 9.54. The lowest BCUT2D eigenvalue weighted by molar-refractivity contribution is 0.290. The summed E-state index contributed by atoms with van der Waals surface area (Å²) in [7, 11) is 0. The van der Waals surface area contributed by atoms with E-state index in [1.165, 1.54) is 12.1 Å². The summed E-state index contributed by atoms with van der Waals surface area (Å²) in [4.78, 5) is 4.86. The van der Waals surface area contributed by atoms with Crippen LogP contribution in [0.25, 0.3) is 0 Å². The molecule has 7 nitrogen and oxygen atoms in total. The second-order valence-corrected chi connectivity index (χ2v) is 8.58. The van der Waals surface area contributed by atoms with Crippen molar-refractivity contribution in [1.29, 1.82) is 0 Å². The number of fused-ring (bicyclic) bond motifs is 3. The van der Waals surface area contributed by atoms with Gasteiger partial charge in [0.15, 0.2) is 0 Å². The van der Waals surface area contributed by atoms with E-state index >= 15 is 0 Å². The minimum atomic E-state index is -0.236. The average molecular weight is 441 g/mol. The Morgan fingerprint density at radius 1 is 0.938 bits per heavy atom. The molecule has 2 aromatic rings. The summed E-state index contributed by atoms with van der Waals surface area (Å²) in [5, 5.41) is 12.6. The summed E-state index contributed by atoms with van der Waals surface area (Å²) in [6.07, 6.45) is 1.38. The minimum Gasteiger partial charge on any atom is -0.381 e. The Kier molecular flexibility index (Phi) is 10.8. The van der Waals surface area contributed by atoms with Crippen molar-refractivity contribution in [3.63, 3.8) is 0 Å². The molecule has 1 atom stereocenters. The van der Waals surface area contributed by atoms with Crippen molar-refractivity contribution in [2.24, 2.45) is 0 Å². The molecule has 178 valence electrons. The van der Waals surface area contributed by atoms with E-state index in [1.807, 2.05) is 32.4 Å². The van der Waals surface area contributed by atoms with Gasteiger partial charge < -0.3 is 14.3 Å². The van der Waals surface area contributed by atoms with Crippen LogP contribution in [0.1, 0.15) is 75.7 Å². The molecule has 1 aromatic carbocycles. The fourth-order valence-corrected chi connectivity index (χ4v) is 4.75. The summed E-state index contributed by atoms with van der Waals surface area (Å²) >= 11 is 0. The van der Waals surface area contributed by atoms with Crippen LogP contribution in [0.5, 0.6) is 0 Å². The van der Waals surface area contributed by atoms with E-state index in [0.717, 1.165) is 5.95 Å². The van der Waals surface area contributed by atoms with Crippen LogP contribution < -0.4 is 9.62 Å². The molecule has 4 rings (SSSR count). The van der Waals surface area contributed by atoms with Gasteiger partial charge in [0.05, 0.1) is 5.54 Å². The molecule has 3 heterocycles. The van der Waals surface area contributed by atoms with Gasteiger partial charge in [0, 0.05) is 5.69 Å². The summed E-state index contributed by atoms with van der Waals surface area (Å²) in [5.74, 6) is 0.848. The Bertz CT molecular complexity index is 782. The first kappa shape index (κ1) is 28.0. The molecule has 1 fully saturated rings. The predicted octanol–water partition coefficient (Wildman–Crippen LogP) is 5.49. The standard InChI is InChI=1S/C16H25B2N7.C3H8.2C2H6/c1-12(2)25-17(5)22(13-10-8-7-9-11-13)14-16(3,4)24-15(19-20-21-24)23(14)18(25)6;1-3-2;2*1-2/h7-12,14H,1-6H3;3H2,1-2H3;2*1-2H3. The molecule has 0 amide bonds. The Labute approximate surface area is 197 Å². The molecule has 0 saturated carbocycles. The third-order valence-corrected chi connectivity index (χ3v) is 5.71. The highest BCUT2D eigenvalue weighted by Gasteiger charge is 2.59. The molecule has 1 saturated heterocycles. The number of aromatic nitrogens is 4. The zero-order valence-corrected chi connectivity index (χ0v) is 22.5. The normalized spacial score (nSPS) is 18.6. The monoisotopic (exact) mass is 441 g/mol. The van der Waals surface area contributed by atoms with Crippen LogP contribution in [-0.4, -0.2) is 51.1 Å². The van der Waals surface area contributed by atoms with Gasteiger partial charge in [-0.05, 0) is 42.4 Å². The van der Waals surface area contributed by atoms with Gasteiger partial charge in [0.25, 0.3) is 0 Å². The number of anilines is 2. The van der Waals surface area contributed by atoms with Gasteiger partial charge in [-0.3, -0.25) is 0 Å². The number of tetrazole rings is 1. The number of nitrogens with zero attached hydrogens (tertiary/aromatic N) is 7. The van der Waals surface area contributed by atoms with Crippen LogP contribution in [0.4, 0.5) is 11.6 Å². The van der Waals surface area contributed by atoms with Gasteiger partial charge in [-0.2, -0.15) is 0 Å². The molecule has 0 radical (unpaired) electrons. The Morgan fingerprint density at radius 3 is 1.94 bits per heavy atom. The highest BCUT2D eigenvalue weighted by molar-refractivity contribution is 6.77. The Balaban J connectivity index is 0.000000662. The number of hydrogen-bond donors (Lipinski definition) is 0. The van der Waals surface area contributed by atoms with Crippen molar-refractivity contribution in [3.8, 4) is 0 Å².